The quantitative estimate of drug-likeness (QED) is 0.437. The van der Waals surface area contributed by atoms with E-state index in [1.165, 1.54) is 0 Å². The molecule has 7 nitrogen and oxygen atoms in total. The van der Waals surface area contributed by atoms with Gasteiger partial charge >= 0.3 is 0 Å². The lowest BCUT2D eigenvalue weighted by Gasteiger charge is -2.04. The number of rotatable bonds is 3. The predicted molar refractivity (Wildman–Crippen MR) is 120 cm³/mol. The fourth-order valence-corrected chi connectivity index (χ4v) is 3.93. The van der Waals surface area contributed by atoms with Gasteiger partial charge in [-0.15, -0.1) is 0 Å². The number of H-pyrrole nitrogens is 2. The molecular weight excluding hydrogens is 386 g/mol. The maximum atomic E-state index is 4.58. The standard InChI is InChI=1S/C24H17N7/c1-14-5-7-25-11-18(14)15-8-17-23(30-31-24(17)28-10-15)21-9-16-19(12-26-13-22(16)29-21)20-4-2-3-6-27-20/h2-13,29H,1H3,(H,28,30,31). The van der Waals surface area contributed by atoms with Crippen LogP contribution in [-0.4, -0.2) is 35.1 Å². The van der Waals surface area contributed by atoms with Crippen molar-refractivity contribution in [1.29, 1.82) is 0 Å². The third-order valence-corrected chi connectivity index (χ3v) is 5.51. The van der Waals surface area contributed by atoms with E-state index in [9.17, 15) is 0 Å². The van der Waals surface area contributed by atoms with Crippen LogP contribution < -0.4 is 0 Å². The van der Waals surface area contributed by atoms with Crippen LogP contribution in [0.5, 0.6) is 0 Å². The summed E-state index contributed by atoms with van der Waals surface area (Å²) in [6.45, 7) is 2.07. The van der Waals surface area contributed by atoms with E-state index in [0.717, 1.165) is 61.3 Å². The summed E-state index contributed by atoms with van der Waals surface area (Å²) >= 11 is 0. The van der Waals surface area contributed by atoms with Crippen LogP contribution in [0.25, 0.3) is 55.7 Å². The Morgan fingerprint density at radius 3 is 2.61 bits per heavy atom. The van der Waals surface area contributed by atoms with Gasteiger partial charge in [0.1, 0.15) is 5.69 Å². The molecule has 0 aliphatic carbocycles. The molecule has 7 heteroatoms. The summed E-state index contributed by atoms with van der Waals surface area (Å²) in [7, 11) is 0. The Bertz CT molecular complexity index is 1550. The van der Waals surface area contributed by atoms with Gasteiger partial charge in [-0.2, -0.15) is 5.10 Å². The van der Waals surface area contributed by atoms with E-state index in [4.69, 9.17) is 0 Å². The average molecular weight is 403 g/mol. The first kappa shape index (κ1) is 17.5. The maximum absolute atomic E-state index is 4.58. The molecule has 0 fully saturated rings. The Morgan fingerprint density at radius 2 is 1.74 bits per heavy atom. The molecule has 0 amide bonds. The van der Waals surface area contributed by atoms with Crippen molar-refractivity contribution in [1.82, 2.24) is 35.1 Å². The molecule has 0 aliphatic rings. The molecule has 0 saturated carbocycles. The summed E-state index contributed by atoms with van der Waals surface area (Å²) in [4.78, 5) is 21.2. The molecule has 31 heavy (non-hydrogen) atoms. The van der Waals surface area contributed by atoms with Crippen LogP contribution in [0.2, 0.25) is 0 Å². The molecule has 0 radical (unpaired) electrons. The first-order valence-corrected chi connectivity index (χ1v) is 9.91. The van der Waals surface area contributed by atoms with Gasteiger partial charge in [0.25, 0.3) is 0 Å². The Kier molecular flexibility index (Phi) is 3.86. The highest BCUT2D eigenvalue weighted by Gasteiger charge is 2.16. The number of hydrogen-bond donors (Lipinski definition) is 2. The van der Waals surface area contributed by atoms with Crippen LogP contribution in [0.15, 0.2) is 73.6 Å². The minimum absolute atomic E-state index is 0.738. The third-order valence-electron chi connectivity index (χ3n) is 5.51. The normalized spacial score (nSPS) is 11.4. The number of nitrogens with zero attached hydrogens (tertiary/aromatic N) is 5. The molecule has 148 valence electrons. The second-order valence-electron chi connectivity index (χ2n) is 7.43. The van der Waals surface area contributed by atoms with Crippen molar-refractivity contribution in [2.75, 3.05) is 0 Å². The molecule has 0 atom stereocenters. The monoisotopic (exact) mass is 403 g/mol. The molecule has 6 aromatic rings. The van der Waals surface area contributed by atoms with Crippen LogP contribution in [0.3, 0.4) is 0 Å². The van der Waals surface area contributed by atoms with Crippen molar-refractivity contribution in [2.24, 2.45) is 0 Å². The van der Waals surface area contributed by atoms with Crippen molar-refractivity contribution in [2.45, 2.75) is 6.92 Å². The second kappa shape index (κ2) is 6.84. The van der Waals surface area contributed by atoms with Gasteiger partial charge in [0.15, 0.2) is 5.65 Å². The minimum atomic E-state index is 0.738. The fourth-order valence-electron chi connectivity index (χ4n) is 3.93. The number of hydrogen-bond acceptors (Lipinski definition) is 5. The van der Waals surface area contributed by atoms with Gasteiger partial charge in [0, 0.05) is 58.4 Å². The number of aromatic amines is 2. The van der Waals surface area contributed by atoms with Gasteiger partial charge in [0.05, 0.1) is 23.1 Å². The summed E-state index contributed by atoms with van der Waals surface area (Å²) in [5, 5.41) is 9.59. The molecule has 6 rings (SSSR count). The van der Waals surface area contributed by atoms with Crippen LogP contribution >= 0.6 is 0 Å². The zero-order chi connectivity index (χ0) is 20.8. The van der Waals surface area contributed by atoms with E-state index in [0.29, 0.717) is 0 Å². The Morgan fingerprint density at radius 1 is 0.806 bits per heavy atom. The smallest absolute Gasteiger partial charge is 0.155 e. The largest absolute Gasteiger partial charge is 0.352 e. The highest BCUT2D eigenvalue weighted by atomic mass is 15.2. The third kappa shape index (κ3) is 2.86. The first-order valence-electron chi connectivity index (χ1n) is 9.91. The molecule has 0 aromatic carbocycles. The van der Waals surface area contributed by atoms with Crippen molar-refractivity contribution < 1.29 is 0 Å². The summed E-state index contributed by atoms with van der Waals surface area (Å²) in [5.74, 6) is 0. The van der Waals surface area contributed by atoms with Gasteiger partial charge in [0.2, 0.25) is 0 Å². The molecule has 0 unspecified atom stereocenters. The zero-order valence-corrected chi connectivity index (χ0v) is 16.7. The van der Waals surface area contributed by atoms with Crippen LogP contribution in [0.1, 0.15) is 5.56 Å². The highest BCUT2D eigenvalue weighted by molar-refractivity contribution is 6.00. The summed E-state index contributed by atoms with van der Waals surface area (Å²) in [6.07, 6.45) is 11.0. The van der Waals surface area contributed by atoms with E-state index in [-0.39, 0.29) is 0 Å². The van der Waals surface area contributed by atoms with Crippen molar-refractivity contribution in [3.63, 3.8) is 0 Å². The summed E-state index contributed by atoms with van der Waals surface area (Å²) in [5.41, 5.74) is 8.46. The zero-order valence-electron chi connectivity index (χ0n) is 16.7. The van der Waals surface area contributed by atoms with Crippen LogP contribution in [0, 0.1) is 6.92 Å². The molecule has 0 saturated heterocycles. The van der Waals surface area contributed by atoms with E-state index in [2.05, 4.69) is 54.2 Å². The number of pyridine rings is 4. The predicted octanol–water partition coefficient (Wildman–Crippen LogP) is 4.93. The van der Waals surface area contributed by atoms with E-state index >= 15 is 0 Å². The van der Waals surface area contributed by atoms with Crippen LogP contribution in [-0.2, 0) is 0 Å². The average Bonchev–Trinajstić information content (AvgIpc) is 3.43. The second-order valence-corrected chi connectivity index (χ2v) is 7.43. The number of fused-ring (bicyclic) bond motifs is 2. The highest BCUT2D eigenvalue weighted by Crippen LogP contribution is 2.34. The summed E-state index contributed by atoms with van der Waals surface area (Å²) in [6, 6.07) is 12.1. The Hall–Kier alpha value is -4.39. The maximum Gasteiger partial charge on any atom is 0.155 e. The van der Waals surface area contributed by atoms with Crippen LogP contribution in [0.4, 0.5) is 0 Å². The number of aryl methyl sites for hydroxylation is 1. The van der Waals surface area contributed by atoms with E-state index in [1.807, 2.05) is 49.1 Å². The summed E-state index contributed by atoms with van der Waals surface area (Å²) < 4.78 is 0. The molecule has 2 N–H and O–H groups in total. The SMILES string of the molecule is Cc1ccncc1-c1cnc2[nH]nc(-c3cc4c(-c5ccccn5)cncc4[nH]3)c2c1. The molecule has 0 bridgehead atoms. The van der Waals surface area contributed by atoms with Gasteiger partial charge in [-0.3, -0.25) is 20.1 Å². The molecule has 0 aliphatic heterocycles. The van der Waals surface area contributed by atoms with Gasteiger partial charge in [-0.25, -0.2) is 4.98 Å². The Balaban J connectivity index is 1.52. The van der Waals surface area contributed by atoms with Gasteiger partial charge in [-0.05, 0) is 42.8 Å². The molecule has 0 spiro atoms. The fraction of sp³-hybridized carbons (Fsp3) is 0.0417. The Labute approximate surface area is 177 Å². The van der Waals surface area contributed by atoms with Crippen molar-refractivity contribution in [3.05, 3.63) is 79.1 Å². The molecule has 6 heterocycles. The van der Waals surface area contributed by atoms with E-state index < -0.39 is 0 Å². The first-order chi connectivity index (χ1) is 15.3. The molecular formula is C24H17N7. The van der Waals surface area contributed by atoms with Gasteiger partial charge < -0.3 is 4.98 Å². The minimum Gasteiger partial charge on any atom is -0.352 e. The number of nitrogens with one attached hydrogen (secondary N) is 2. The van der Waals surface area contributed by atoms with E-state index in [1.54, 1.807) is 12.4 Å². The lowest BCUT2D eigenvalue weighted by Crippen LogP contribution is -1.87. The molecule has 6 aromatic heterocycles. The van der Waals surface area contributed by atoms with Crippen molar-refractivity contribution in [3.8, 4) is 33.8 Å². The lowest BCUT2D eigenvalue weighted by molar-refractivity contribution is 1.10. The number of aromatic nitrogens is 7. The topological polar surface area (TPSA) is 96.0 Å². The lowest BCUT2D eigenvalue weighted by atomic mass is 10.0. The van der Waals surface area contributed by atoms with Gasteiger partial charge in [-0.1, -0.05) is 6.07 Å². The van der Waals surface area contributed by atoms with Crippen molar-refractivity contribution >= 4 is 21.9 Å².